The molecule has 0 fully saturated rings. The average Bonchev–Trinajstić information content (AvgIpc) is 2.31. The Bertz CT molecular complexity index is 482. The summed E-state index contributed by atoms with van der Waals surface area (Å²) < 4.78 is 5.18. The molecule has 1 aromatic heterocycles. The van der Waals surface area contributed by atoms with Gasteiger partial charge in [-0.15, -0.1) is 0 Å². The Kier molecular flexibility index (Phi) is 3.37. The van der Waals surface area contributed by atoms with Gasteiger partial charge < -0.3 is 10.1 Å². The molecule has 2 aromatic rings. The minimum Gasteiger partial charge on any atom is -0.380 e. The molecule has 0 aliphatic heterocycles. The van der Waals surface area contributed by atoms with Crippen molar-refractivity contribution in [2.75, 3.05) is 19.0 Å². The molecule has 3 nitrogen and oxygen atoms in total. The van der Waals surface area contributed by atoms with Crippen molar-refractivity contribution in [3.63, 3.8) is 0 Å². The summed E-state index contributed by atoms with van der Waals surface area (Å²) in [5, 5.41) is 4.37. The first-order valence-corrected chi connectivity index (χ1v) is 5.46. The Morgan fingerprint density at radius 1 is 1.25 bits per heavy atom. The Labute approximate surface area is 95.5 Å². The van der Waals surface area contributed by atoms with Crippen molar-refractivity contribution in [1.82, 2.24) is 4.98 Å². The molecular formula is C13H16N2O. The number of aromatic nitrogens is 1. The fourth-order valence-corrected chi connectivity index (χ4v) is 1.76. The van der Waals surface area contributed by atoms with Crippen LogP contribution in [0.3, 0.4) is 0 Å². The number of hydrogen-bond acceptors (Lipinski definition) is 3. The Morgan fingerprint density at radius 2 is 2.12 bits per heavy atom. The SMILES string of the molecule is CCNc1ccc2cccc(COC)c2n1. The maximum atomic E-state index is 5.18. The zero-order valence-electron chi connectivity index (χ0n) is 9.66. The number of pyridine rings is 1. The van der Waals surface area contributed by atoms with Gasteiger partial charge >= 0.3 is 0 Å². The smallest absolute Gasteiger partial charge is 0.126 e. The third-order valence-electron chi connectivity index (χ3n) is 2.46. The normalized spacial score (nSPS) is 10.6. The summed E-state index contributed by atoms with van der Waals surface area (Å²) >= 11 is 0. The van der Waals surface area contributed by atoms with Crippen molar-refractivity contribution in [3.8, 4) is 0 Å². The van der Waals surface area contributed by atoms with Crippen LogP contribution in [0, 0.1) is 0 Å². The number of methoxy groups -OCH3 is 1. The Hall–Kier alpha value is -1.61. The summed E-state index contributed by atoms with van der Waals surface area (Å²) in [6.07, 6.45) is 0. The van der Waals surface area contributed by atoms with Gasteiger partial charge in [-0.3, -0.25) is 0 Å². The molecule has 0 unspecified atom stereocenters. The minimum atomic E-state index is 0.597. The van der Waals surface area contributed by atoms with Crippen molar-refractivity contribution in [2.24, 2.45) is 0 Å². The van der Waals surface area contributed by atoms with Gasteiger partial charge in [-0.05, 0) is 19.1 Å². The van der Waals surface area contributed by atoms with Gasteiger partial charge in [0.1, 0.15) is 5.82 Å². The number of nitrogens with one attached hydrogen (secondary N) is 1. The van der Waals surface area contributed by atoms with E-state index in [0.29, 0.717) is 6.61 Å². The molecule has 0 aliphatic carbocycles. The molecule has 16 heavy (non-hydrogen) atoms. The van der Waals surface area contributed by atoms with Crippen LogP contribution >= 0.6 is 0 Å². The maximum absolute atomic E-state index is 5.18. The van der Waals surface area contributed by atoms with Gasteiger partial charge in [0, 0.05) is 24.6 Å². The van der Waals surface area contributed by atoms with Crippen molar-refractivity contribution < 1.29 is 4.74 Å². The molecule has 2 rings (SSSR count). The molecule has 84 valence electrons. The van der Waals surface area contributed by atoms with Crippen LogP contribution < -0.4 is 5.32 Å². The molecule has 0 spiro atoms. The third-order valence-corrected chi connectivity index (χ3v) is 2.46. The lowest BCUT2D eigenvalue weighted by Gasteiger charge is -2.07. The minimum absolute atomic E-state index is 0.597. The lowest BCUT2D eigenvalue weighted by molar-refractivity contribution is 0.186. The zero-order valence-corrected chi connectivity index (χ0v) is 9.66. The van der Waals surface area contributed by atoms with E-state index in [1.807, 2.05) is 12.1 Å². The second kappa shape index (κ2) is 4.94. The van der Waals surface area contributed by atoms with Crippen molar-refractivity contribution in [3.05, 3.63) is 35.9 Å². The highest BCUT2D eigenvalue weighted by atomic mass is 16.5. The number of fused-ring (bicyclic) bond motifs is 1. The highest BCUT2D eigenvalue weighted by Crippen LogP contribution is 2.19. The van der Waals surface area contributed by atoms with Gasteiger partial charge in [0.05, 0.1) is 12.1 Å². The van der Waals surface area contributed by atoms with Crippen LogP contribution in [-0.2, 0) is 11.3 Å². The van der Waals surface area contributed by atoms with Crippen molar-refractivity contribution in [2.45, 2.75) is 13.5 Å². The number of benzene rings is 1. The second-order valence-corrected chi connectivity index (χ2v) is 3.65. The van der Waals surface area contributed by atoms with E-state index in [1.165, 1.54) is 0 Å². The van der Waals surface area contributed by atoms with Gasteiger partial charge in [0.25, 0.3) is 0 Å². The highest BCUT2D eigenvalue weighted by Gasteiger charge is 2.03. The molecule has 0 amide bonds. The summed E-state index contributed by atoms with van der Waals surface area (Å²) in [5.41, 5.74) is 2.14. The molecule has 0 radical (unpaired) electrons. The average molecular weight is 216 g/mol. The van der Waals surface area contributed by atoms with Crippen LogP contribution in [0.2, 0.25) is 0 Å². The first kappa shape index (κ1) is 10.9. The summed E-state index contributed by atoms with van der Waals surface area (Å²) in [4.78, 5) is 4.59. The predicted molar refractivity (Wildman–Crippen MR) is 66.6 cm³/mol. The molecule has 0 bridgehead atoms. The quantitative estimate of drug-likeness (QED) is 0.853. The molecule has 1 N–H and O–H groups in total. The van der Waals surface area contributed by atoms with E-state index in [4.69, 9.17) is 4.74 Å². The van der Waals surface area contributed by atoms with E-state index in [2.05, 4.69) is 35.4 Å². The standard InChI is InChI=1S/C13H16N2O/c1-3-14-12-8-7-10-5-4-6-11(9-16-2)13(10)15-12/h4-8H,3,9H2,1-2H3,(H,14,15). The maximum Gasteiger partial charge on any atom is 0.126 e. The third kappa shape index (κ3) is 2.14. The van der Waals surface area contributed by atoms with Gasteiger partial charge in [-0.25, -0.2) is 4.98 Å². The lowest BCUT2D eigenvalue weighted by atomic mass is 10.1. The summed E-state index contributed by atoms with van der Waals surface area (Å²) in [6.45, 7) is 3.54. The predicted octanol–water partition coefficient (Wildman–Crippen LogP) is 2.81. The Balaban J connectivity index is 2.50. The lowest BCUT2D eigenvalue weighted by Crippen LogP contribution is -2.00. The summed E-state index contributed by atoms with van der Waals surface area (Å²) in [7, 11) is 1.70. The number of rotatable bonds is 4. The number of para-hydroxylation sites is 1. The van der Waals surface area contributed by atoms with Crippen LogP contribution in [0.5, 0.6) is 0 Å². The molecule has 3 heteroatoms. The van der Waals surface area contributed by atoms with Gasteiger partial charge in [-0.1, -0.05) is 18.2 Å². The topological polar surface area (TPSA) is 34.1 Å². The zero-order chi connectivity index (χ0) is 11.4. The first-order chi connectivity index (χ1) is 7.85. The molecular weight excluding hydrogens is 200 g/mol. The van der Waals surface area contributed by atoms with Crippen LogP contribution in [0.15, 0.2) is 30.3 Å². The molecule has 0 atom stereocenters. The van der Waals surface area contributed by atoms with Crippen LogP contribution in [0.1, 0.15) is 12.5 Å². The van der Waals surface area contributed by atoms with E-state index in [1.54, 1.807) is 7.11 Å². The van der Waals surface area contributed by atoms with E-state index in [0.717, 1.165) is 28.8 Å². The summed E-state index contributed by atoms with van der Waals surface area (Å²) in [6, 6.07) is 10.2. The number of nitrogens with zero attached hydrogens (tertiary/aromatic N) is 1. The van der Waals surface area contributed by atoms with Crippen molar-refractivity contribution >= 4 is 16.7 Å². The number of ether oxygens (including phenoxy) is 1. The van der Waals surface area contributed by atoms with Crippen LogP contribution in [0.4, 0.5) is 5.82 Å². The highest BCUT2D eigenvalue weighted by molar-refractivity contribution is 5.83. The number of hydrogen-bond donors (Lipinski definition) is 1. The fraction of sp³-hybridized carbons (Fsp3) is 0.308. The van der Waals surface area contributed by atoms with E-state index in [9.17, 15) is 0 Å². The van der Waals surface area contributed by atoms with Gasteiger partial charge in [0.2, 0.25) is 0 Å². The molecule has 0 saturated heterocycles. The number of anilines is 1. The first-order valence-electron chi connectivity index (χ1n) is 5.46. The van der Waals surface area contributed by atoms with E-state index < -0.39 is 0 Å². The van der Waals surface area contributed by atoms with Crippen LogP contribution in [0.25, 0.3) is 10.9 Å². The van der Waals surface area contributed by atoms with Crippen molar-refractivity contribution in [1.29, 1.82) is 0 Å². The molecule has 1 heterocycles. The van der Waals surface area contributed by atoms with Gasteiger partial charge in [0.15, 0.2) is 0 Å². The molecule has 0 aliphatic rings. The monoisotopic (exact) mass is 216 g/mol. The molecule has 1 aromatic carbocycles. The van der Waals surface area contributed by atoms with Gasteiger partial charge in [-0.2, -0.15) is 0 Å². The fourth-order valence-electron chi connectivity index (χ4n) is 1.76. The summed E-state index contributed by atoms with van der Waals surface area (Å²) in [5.74, 6) is 0.915. The molecule has 0 saturated carbocycles. The van der Waals surface area contributed by atoms with E-state index in [-0.39, 0.29) is 0 Å². The van der Waals surface area contributed by atoms with E-state index >= 15 is 0 Å². The second-order valence-electron chi connectivity index (χ2n) is 3.65. The van der Waals surface area contributed by atoms with Crippen LogP contribution in [-0.4, -0.2) is 18.6 Å². The largest absolute Gasteiger partial charge is 0.380 e. The Morgan fingerprint density at radius 3 is 2.88 bits per heavy atom.